The molecule has 2 N–H and O–H groups in total. The molecule has 7 unspecified atom stereocenters. The summed E-state index contributed by atoms with van der Waals surface area (Å²) in [5, 5.41) is 22.0. The van der Waals surface area contributed by atoms with E-state index in [0.717, 1.165) is 38.7 Å². The zero-order valence-corrected chi connectivity index (χ0v) is 15.0. The molecule has 0 radical (unpaired) electrons. The van der Waals surface area contributed by atoms with Crippen LogP contribution in [0.5, 0.6) is 0 Å². The Balaban J connectivity index is 1.76. The molecule has 2 saturated carbocycles. The van der Waals surface area contributed by atoms with Gasteiger partial charge in [0.1, 0.15) is 0 Å². The highest BCUT2D eigenvalue weighted by Gasteiger charge is 2.61. The third-order valence-electron chi connectivity index (χ3n) is 7.88. The molecule has 3 aliphatic carbocycles. The zero-order valence-electron chi connectivity index (χ0n) is 15.0. The van der Waals surface area contributed by atoms with Gasteiger partial charge in [0.15, 0.2) is 0 Å². The Kier molecular flexibility index (Phi) is 3.38. The van der Waals surface area contributed by atoms with Crippen LogP contribution < -0.4 is 0 Å². The Morgan fingerprint density at radius 3 is 2.48 bits per heavy atom. The number of epoxide rings is 1. The Morgan fingerprint density at radius 1 is 1.13 bits per heavy atom. The first-order valence-electron chi connectivity index (χ1n) is 9.38. The highest BCUT2D eigenvalue weighted by atomic mass is 16.6. The molecule has 7 atom stereocenters. The Labute approximate surface area is 140 Å². The van der Waals surface area contributed by atoms with Crippen LogP contribution in [-0.2, 0) is 4.74 Å². The molecule has 3 nitrogen and oxygen atoms in total. The number of rotatable bonds is 1. The Bertz CT molecular complexity index is 535. The van der Waals surface area contributed by atoms with Crippen molar-refractivity contribution >= 4 is 0 Å². The molecule has 4 rings (SSSR count). The van der Waals surface area contributed by atoms with E-state index in [1.165, 1.54) is 5.57 Å². The van der Waals surface area contributed by atoms with E-state index in [4.69, 9.17) is 4.74 Å². The van der Waals surface area contributed by atoms with Crippen molar-refractivity contribution in [3.05, 3.63) is 11.6 Å². The minimum absolute atomic E-state index is 0.0242. The SMILES string of the molecule is CC1(C)CCC(O)C2(C)C3C(=CC(C)(C4CO4)CC3O)CCC12. The van der Waals surface area contributed by atoms with E-state index in [0.29, 0.717) is 5.92 Å². The summed E-state index contributed by atoms with van der Waals surface area (Å²) < 4.78 is 5.56. The fraction of sp³-hybridized carbons (Fsp3) is 0.900. The van der Waals surface area contributed by atoms with Crippen LogP contribution in [0.4, 0.5) is 0 Å². The molecule has 1 saturated heterocycles. The minimum Gasteiger partial charge on any atom is -0.393 e. The summed E-state index contributed by atoms with van der Waals surface area (Å²) in [5.74, 6) is 0.597. The van der Waals surface area contributed by atoms with Crippen LogP contribution in [0.2, 0.25) is 0 Å². The van der Waals surface area contributed by atoms with Crippen LogP contribution in [0.3, 0.4) is 0 Å². The third kappa shape index (κ3) is 2.19. The van der Waals surface area contributed by atoms with E-state index in [-0.39, 0.29) is 40.5 Å². The number of fused-ring (bicyclic) bond motifs is 3. The first kappa shape index (κ1) is 16.1. The predicted octanol–water partition coefficient (Wildman–Crippen LogP) is 3.30. The van der Waals surface area contributed by atoms with Gasteiger partial charge in [0.2, 0.25) is 0 Å². The van der Waals surface area contributed by atoms with E-state index in [9.17, 15) is 10.2 Å². The number of aliphatic hydroxyl groups excluding tert-OH is 2. The van der Waals surface area contributed by atoms with Gasteiger partial charge in [0.25, 0.3) is 0 Å². The van der Waals surface area contributed by atoms with Crippen LogP contribution >= 0.6 is 0 Å². The summed E-state index contributed by atoms with van der Waals surface area (Å²) in [4.78, 5) is 0. The van der Waals surface area contributed by atoms with Crippen molar-refractivity contribution in [3.63, 3.8) is 0 Å². The first-order chi connectivity index (χ1) is 10.7. The van der Waals surface area contributed by atoms with Gasteiger partial charge in [-0.05, 0) is 43.4 Å². The fourth-order valence-corrected chi connectivity index (χ4v) is 6.59. The average molecular weight is 320 g/mol. The van der Waals surface area contributed by atoms with Gasteiger partial charge in [-0.25, -0.2) is 0 Å². The van der Waals surface area contributed by atoms with E-state index < -0.39 is 0 Å². The second kappa shape index (κ2) is 4.83. The van der Waals surface area contributed by atoms with E-state index in [2.05, 4.69) is 33.8 Å². The van der Waals surface area contributed by atoms with Gasteiger partial charge < -0.3 is 14.9 Å². The molecule has 23 heavy (non-hydrogen) atoms. The number of hydrogen-bond donors (Lipinski definition) is 2. The quantitative estimate of drug-likeness (QED) is 0.576. The van der Waals surface area contributed by atoms with Crippen LogP contribution in [-0.4, -0.2) is 35.1 Å². The molecule has 0 amide bonds. The maximum atomic E-state index is 11.1. The summed E-state index contributed by atoms with van der Waals surface area (Å²) in [6.07, 6.45) is 6.95. The normalized spacial score (nSPS) is 54.7. The summed E-state index contributed by atoms with van der Waals surface area (Å²) in [6.45, 7) is 10.0. The number of aliphatic hydroxyl groups is 2. The van der Waals surface area contributed by atoms with Gasteiger partial charge in [-0.2, -0.15) is 0 Å². The lowest BCUT2D eigenvalue weighted by Gasteiger charge is -2.62. The summed E-state index contributed by atoms with van der Waals surface area (Å²) in [7, 11) is 0. The van der Waals surface area contributed by atoms with Crippen LogP contribution in [0.25, 0.3) is 0 Å². The summed E-state index contributed by atoms with van der Waals surface area (Å²) in [6, 6.07) is 0. The van der Waals surface area contributed by atoms with Crippen molar-refractivity contribution in [1.29, 1.82) is 0 Å². The van der Waals surface area contributed by atoms with Crippen molar-refractivity contribution in [3.8, 4) is 0 Å². The molecule has 0 aromatic heterocycles. The largest absolute Gasteiger partial charge is 0.393 e. The number of ether oxygens (including phenoxy) is 1. The monoisotopic (exact) mass is 320 g/mol. The van der Waals surface area contributed by atoms with Gasteiger partial charge in [-0.3, -0.25) is 0 Å². The molecule has 0 spiro atoms. The highest BCUT2D eigenvalue weighted by Crippen LogP contribution is 2.64. The second-order valence-corrected chi connectivity index (χ2v) is 9.80. The predicted molar refractivity (Wildman–Crippen MR) is 89.9 cm³/mol. The topological polar surface area (TPSA) is 53.0 Å². The maximum Gasteiger partial charge on any atom is 0.0898 e. The molecular weight excluding hydrogens is 288 g/mol. The molecule has 1 heterocycles. The van der Waals surface area contributed by atoms with Crippen molar-refractivity contribution < 1.29 is 14.9 Å². The summed E-state index contributed by atoms with van der Waals surface area (Å²) in [5.41, 5.74) is 1.41. The molecule has 130 valence electrons. The van der Waals surface area contributed by atoms with E-state index in [1.54, 1.807) is 0 Å². The van der Waals surface area contributed by atoms with Crippen molar-refractivity contribution in [1.82, 2.24) is 0 Å². The van der Waals surface area contributed by atoms with E-state index >= 15 is 0 Å². The fourth-order valence-electron chi connectivity index (χ4n) is 6.59. The standard InChI is InChI=1S/C20H32O3/c1-18(2)8-7-15(22)20(4)14(18)6-5-12-9-19(3,16-11-23-16)10-13(21)17(12)20/h9,13-17,21-22H,5-8,10-11H2,1-4H3. The van der Waals surface area contributed by atoms with Gasteiger partial charge in [-0.15, -0.1) is 0 Å². The first-order valence-corrected chi connectivity index (χ1v) is 9.38. The molecule has 1 aliphatic heterocycles. The second-order valence-electron chi connectivity index (χ2n) is 9.80. The van der Waals surface area contributed by atoms with Crippen LogP contribution in [0.15, 0.2) is 11.6 Å². The van der Waals surface area contributed by atoms with Crippen molar-refractivity contribution in [2.75, 3.05) is 6.61 Å². The van der Waals surface area contributed by atoms with Gasteiger partial charge in [0, 0.05) is 16.7 Å². The van der Waals surface area contributed by atoms with Gasteiger partial charge in [-0.1, -0.05) is 39.3 Å². The maximum absolute atomic E-state index is 11.1. The zero-order chi connectivity index (χ0) is 16.6. The molecule has 3 heteroatoms. The summed E-state index contributed by atoms with van der Waals surface area (Å²) >= 11 is 0. The highest BCUT2D eigenvalue weighted by molar-refractivity contribution is 5.28. The minimum atomic E-state index is -0.361. The average Bonchev–Trinajstić information content (AvgIpc) is 3.27. The van der Waals surface area contributed by atoms with Gasteiger partial charge in [0.05, 0.1) is 24.9 Å². The molecule has 0 bridgehead atoms. The van der Waals surface area contributed by atoms with Crippen molar-refractivity contribution in [2.45, 2.75) is 78.1 Å². The van der Waals surface area contributed by atoms with Crippen molar-refractivity contribution in [2.24, 2.45) is 28.1 Å². The molecule has 3 fully saturated rings. The molecular formula is C20H32O3. The third-order valence-corrected chi connectivity index (χ3v) is 7.88. The van der Waals surface area contributed by atoms with E-state index in [1.807, 2.05) is 0 Å². The molecule has 0 aromatic rings. The lowest BCUT2D eigenvalue weighted by atomic mass is 9.44. The Morgan fingerprint density at radius 2 is 1.83 bits per heavy atom. The molecule has 4 aliphatic rings. The Hall–Kier alpha value is -0.380. The van der Waals surface area contributed by atoms with Crippen LogP contribution in [0, 0.1) is 28.1 Å². The van der Waals surface area contributed by atoms with Crippen LogP contribution in [0.1, 0.15) is 59.8 Å². The number of hydrogen-bond acceptors (Lipinski definition) is 3. The smallest absolute Gasteiger partial charge is 0.0898 e. The lowest BCUT2D eigenvalue weighted by Crippen LogP contribution is -2.60. The molecule has 0 aromatic carbocycles. The van der Waals surface area contributed by atoms with Gasteiger partial charge >= 0.3 is 0 Å². The lowest BCUT2D eigenvalue weighted by molar-refractivity contribution is -0.165.